The topological polar surface area (TPSA) is 23.5 Å². The molecule has 2 atom stereocenters. The zero-order valence-electron chi connectivity index (χ0n) is 11.4. The van der Waals surface area contributed by atoms with Crippen molar-refractivity contribution < 1.29 is 5.11 Å². The maximum absolute atomic E-state index is 9.52. The largest absolute Gasteiger partial charge is 0.395 e. The van der Waals surface area contributed by atoms with Gasteiger partial charge in [0.2, 0.25) is 0 Å². The first-order valence-corrected chi connectivity index (χ1v) is 7.22. The molecule has 2 rings (SSSR count). The van der Waals surface area contributed by atoms with E-state index in [4.69, 9.17) is 0 Å². The number of aliphatic hydroxyl groups excluding tert-OH is 1. The monoisotopic (exact) mass is 247 g/mol. The van der Waals surface area contributed by atoms with Gasteiger partial charge < -0.3 is 5.11 Å². The molecule has 100 valence electrons. The predicted octanol–water partition coefficient (Wildman–Crippen LogP) is 3.06. The minimum absolute atomic E-state index is 0.301. The smallest absolute Gasteiger partial charge is 0.0587 e. The van der Waals surface area contributed by atoms with E-state index in [1.165, 1.54) is 31.2 Å². The molecule has 0 aromatic heterocycles. The molecule has 18 heavy (non-hydrogen) atoms. The van der Waals surface area contributed by atoms with Gasteiger partial charge in [0.05, 0.1) is 6.61 Å². The van der Waals surface area contributed by atoms with E-state index in [1.54, 1.807) is 0 Å². The molecule has 1 N–H and O–H groups in total. The Morgan fingerprint density at radius 2 is 2.06 bits per heavy atom. The molecular weight excluding hydrogens is 222 g/mol. The molecule has 0 radical (unpaired) electrons. The van der Waals surface area contributed by atoms with Gasteiger partial charge in [-0.1, -0.05) is 50.1 Å². The maximum Gasteiger partial charge on any atom is 0.0587 e. The zero-order chi connectivity index (χ0) is 12.8. The van der Waals surface area contributed by atoms with Gasteiger partial charge in [-0.25, -0.2) is 0 Å². The molecule has 0 saturated carbocycles. The summed E-state index contributed by atoms with van der Waals surface area (Å²) in [5.41, 5.74) is 1.35. The maximum atomic E-state index is 9.52. The molecule has 0 unspecified atom stereocenters. The van der Waals surface area contributed by atoms with Crippen molar-refractivity contribution in [2.24, 2.45) is 5.92 Å². The zero-order valence-corrected chi connectivity index (χ0v) is 11.4. The van der Waals surface area contributed by atoms with E-state index in [2.05, 4.69) is 42.2 Å². The summed E-state index contributed by atoms with van der Waals surface area (Å²) in [6.07, 6.45) is 5.09. The number of benzene rings is 1. The van der Waals surface area contributed by atoms with Crippen LogP contribution in [0.1, 0.15) is 38.2 Å². The molecule has 0 spiro atoms. The minimum Gasteiger partial charge on any atom is -0.395 e. The Balaban J connectivity index is 1.91. The Morgan fingerprint density at radius 3 is 2.72 bits per heavy atom. The van der Waals surface area contributed by atoms with Crippen LogP contribution in [0.25, 0.3) is 0 Å². The molecular formula is C16H25NO. The average Bonchev–Trinajstić information content (AvgIpc) is 2.80. The fourth-order valence-electron chi connectivity index (χ4n) is 2.99. The Morgan fingerprint density at radius 1 is 1.28 bits per heavy atom. The van der Waals surface area contributed by atoms with E-state index in [-0.39, 0.29) is 0 Å². The van der Waals surface area contributed by atoms with Crippen LogP contribution < -0.4 is 0 Å². The number of hydrogen-bond acceptors (Lipinski definition) is 2. The van der Waals surface area contributed by atoms with Gasteiger partial charge in [-0.05, 0) is 24.3 Å². The van der Waals surface area contributed by atoms with Crippen LogP contribution in [0.5, 0.6) is 0 Å². The van der Waals surface area contributed by atoms with Crippen LogP contribution in [0.2, 0.25) is 0 Å². The molecule has 1 heterocycles. The van der Waals surface area contributed by atoms with E-state index in [1.807, 2.05) is 0 Å². The van der Waals surface area contributed by atoms with Crippen molar-refractivity contribution in [1.29, 1.82) is 0 Å². The van der Waals surface area contributed by atoms with Crippen molar-refractivity contribution in [3.8, 4) is 0 Å². The molecule has 0 bridgehead atoms. The molecule has 2 heteroatoms. The molecule has 1 aromatic carbocycles. The summed E-state index contributed by atoms with van der Waals surface area (Å²) in [4.78, 5) is 2.45. The second-order valence-electron chi connectivity index (χ2n) is 5.50. The third kappa shape index (κ3) is 3.56. The number of aliphatic hydroxyl groups is 1. The lowest BCUT2D eigenvalue weighted by Crippen LogP contribution is -2.31. The van der Waals surface area contributed by atoms with E-state index in [9.17, 15) is 5.11 Å². The average molecular weight is 247 g/mol. The Kier molecular flexibility index (Phi) is 5.21. The van der Waals surface area contributed by atoms with Gasteiger partial charge in [-0.2, -0.15) is 0 Å². The lowest BCUT2D eigenvalue weighted by Gasteiger charge is -2.22. The summed E-state index contributed by atoms with van der Waals surface area (Å²) in [6, 6.07) is 11.0. The molecule has 2 nitrogen and oxygen atoms in total. The Hall–Kier alpha value is -0.860. The SMILES string of the molecule is CCCC[C@H]1C[C@H](CO)N(Cc2ccccc2)C1. The first-order chi connectivity index (χ1) is 8.83. The number of rotatable bonds is 6. The van der Waals surface area contributed by atoms with E-state index < -0.39 is 0 Å². The molecule has 1 aliphatic heterocycles. The van der Waals surface area contributed by atoms with Crippen LogP contribution in [0.15, 0.2) is 30.3 Å². The first kappa shape index (κ1) is 13.6. The third-order valence-electron chi connectivity index (χ3n) is 4.02. The quantitative estimate of drug-likeness (QED) is 0.835. The highest BCUT2D eigenvalue weighted by atomic mass is 16.3. The summed E-state index contributed by atoms with van der Waals surface area (Å²) in [6.45, 7) is 4.69. The lowest BCUT2D eigenvalue weighted by atomic mass is 9.99. The van der Waals surface area contributed by atoms with Gasteiger partial charge in [0.1, 0.15) is 0 Å². The van der Waals surface area contributed by atoms with Crippen molar-refractivity contribution in [2.45, 2.75) is 45.2 Å². The van der Waals surface area contributed by atoms with Crippen molar-refractivity contribution >= 4 is 0 Å². The van der Waals surface area contributed by atoms with Gasteiger partial charge in [0.25, 0.3) is 0 Å². The van der Waals surface area contributed by atoms with Crippen molar-refractivity contribution in [1.82, 2.24) is 4.90 Å². The second kappa shape index (κ2) is 6.91. The molecule has 1 saturated heterocycles. The normalized spacial score (nSPS) is 24.6. The molecule has 1 aromatic rings. The van der Waals surface area contributed by atoms with Gasteiger partial charge in [-0.3, -0.25) is 4.90 Å². The number of unbranched alkanes of at least 4 members (excludes halogenated alkanes) is 1. The molecule has 1 aliphatic rings. The van der Waals surface area contributed by atoms with E-state index in [0.29, 0.717) is 12.6 Å². The van der Waals surface area contributed by atoms with Crippen LogP contribution in [0.4, 0.5) is 0 Å². The number of nitrogens with zero attached hydrogens (tertiary/aromatic N) is 1. The number of hydrogen-bond donors (Lipinski definition) is 1. The molecule has 0 amide bonds. The first-order valence-electron chi connectivity index (χ1n) is 7.22. The van der Waals surface area contributed by atoms with Gasteiger partial charge in [0, 0.05) is 19.1 Å². The standard InChI is InChI=1S/C16H25NO/c1-2-3-7-15-10-16(13-18)17(12-15)11-14-8-5-4-6-9-14/h4-6,8-9,15-16,18H,2-3,7,10-13H2,1H3/t15-,16+/m0/s1. The fraction of sp³-hybridized carbons (Fsp3) is 0.625. The van der Waals surface area contributed by atoms with Gasteiger partial charge >= 0.3 is 0 Å². The highest BCUT2D eigenvalue weighted by Gasteiger charge is 2.30. The van der Waals surface area contributed by atoms with Crippen LogP contribution in [-0.2, 0) is 6.54 Å². The van der Waals surface area contributed by atoms with Crippen LogP contribution in [0, 0.1) is 5.92 Å². The van der Waals surface area contributed by atoms with Gasteiger partial charge in [0.15, 0.2) is 0 Å². The van der Waals surface area contributed by atoms with E-state index in [0.717, 1.165) is 19.0 Å². The summed E-state index contributed by atoms with van der Waals surface area (Å²) >= 11 is 0. The highest BCUT2D eigenvalue weighted by Crippen LogP contribution is 2.28. The van der Waals surface area contributed by atoms with Crippen molar-refractivity contribution in [2.75, 3.05) is 13.2 Å². The highest BCUT2D eigenvalue weighted by molar-refractivity contribution is 5.14. The molecule has 0 aliphatic carbocycles. The summed E-state index contributed by atoms with van der Waals surface area (Å²) in [5.74, 6) is 0.783. The van der Waals surface area contributed by atoms with Crippen LogP contribution in [-0.4, -0.2) is 29.2 Å². The van der Waals surface area contributed by atoms with E-state index >= 15 is 0 Å². The predicted molar refractivity (Wildman–Crippen MR) is 75.4 cm³/mol. The Labute approximate surface area is 111 Å². The third-order valence-corrected chi connectivity index (χ3v) is 4.02. The second-order valence-corrected chi connectivity index (χ2v) is 5.50. The minimum atomic E-state index is 0.301. The lowest BCUT2D eigenvalue weighted by molar-refractivity contribution is 0.153. The summed E-state index contributed by atoms with van der Waals surface area (Å²) in [7, 11) is 0. The summed E-state index contributed by atoms with van der Waals surface area (Å²) < 4.78 is 0. The van der Waals surface area contributed by atoms with Crippen molar-refractivity contribution in [3.05, 3.63) is 35.9 Å². The fourth-order valence-corrected chi connectivity index (χ4v) is 2.99. The summed E-state index contributed by atoms with van der Waals surface area (Å²) in [5, 5.41) is 9.52. The molecule has 1 fully saturated rings. The van der Waals surface area contributed by atoms with Gasteiger partial charge in [-0.15, -0.1) is 0 Å². The van der Waals surface area contributed by atoms with Crippen LogP contribution >= 0.6 is 0 Å². The van der Waals surface area contributed by atoms with Crippen LogP contribution in [0.3, 0.4) is 0 Å². The number of likely N-dealkylation sites (tertiary alicyclic amines) is 1. The Bertz CT molecular complexity index is 338. The van der Waals surface area contributed by atoms with Crippen molar-refractivity contribution in [3.63, 3.8) is 0 Å².